The molecule has 1 saturated carbocycles. The van der Waals surface area contributed by atoms with Gasteiger partial charge in [0.2, 0.25) is 17.6 Å². The first-order valence-electron chi connectivity index (χ1n) is 15.6. The van der Waals surface area contributed by atoms with Crippen LogP contribution in [0.1, 0.15) is 29.9 Å². The normalized spacial score (nSPS) is 28.5. The third-order valence-electron chi connectivity index (χ3n) is 10.4. The molecule has 51 heavy (non-hydrogen) atoms. The molecule has 4 aliphatic rings. The maximum atomic E-state index is 15.2. The highest BCUT2D eigenvalue weighted by Gasteiger charge is 2.77. The maximum Gasteiger partial charge on any atom is 0.258 e. The van der Waals surface area contributed by atoms with Crippen LogP contribution in [0.15, 0.2) is 54.1 Å². The van der Waals surface area contributed by atoms with Crippen molar-refractivity contribution in [3.63, 3.8) is 0 Å². The number of fused-ring (bicyclic) bond motifs is 4. The topological polar surface area (TPSA) is 124 Å². The summed E-state index contributed by atoms with van der Waals surface area (Å²) >= 11 is 14.2. The number of aromatic hydroxyl groups is 2. The molecule has 4 amide bonds. The van der Waals surface area contributed by atoms with E-state index >= 15 is 8.78 Å². The number of hydrogen-bond acceptors (Lipinski definition) is 7. The van der Waals surface area contributed by atoms with Gasteiger partial charge in [-0.3, -0.25) is 24.1 Å². The smallest absolute Gasteiger partial charge is 0.258 e. The van der Waals surface area contributed by atoms with Crippen molar-refractivity contribution in [2.75, 3.05) is 18.6 Å². The Balaban J connectivity index is 1.37. The number of amides is 4. The number of imide groups is 2. The molecule has 0 bridgehead atoms. The van der Waals surface area contributed by atoms with Crippen molar-refractivity contribution < 1.29 is 56.1 Å². The summed E-state index contributed by atoms with van der Waals surface area (Å²) < 4.78 is 78.6. The SMILES string of the molecule is COc1ccc(O)c(C2C3=CCC4C(=O)N(CCc5ccc(O)cc5)C(=O)C4C3CC3(Cl)C(=O)N(c4c(F)c(F)c(F)c(F)c4F)C(=O)C23Cl)c1. The number of rotatable bonds is 6. The monoisotopic (exact) mass is 750 g/mol. The third-order valence-corrected chi connectivity index (χ3v) is 11.8. The van der Waals surface area contributed by atoms with Crippen molar-refractivity contribution in [1.82, 2.24) is 4.90 Å². The minimum Gasteiger partial charge on any atom is -0.508 e. The lowest BCUT2D eigenvalue weighted by Crippen LogP contribution is -2.60. The Bertz CT molecular complexity index is 2070. The summed E-state index contributed by atoms with van der Waals surface area (Å²) in [6.45, 7) is -0.0471. The summed E-state index contributed by atoms with van der Waals surface area (Å²) in [4.78, 5) is 51.7. The number of ether oxygens (including phenoxy) is 1. The van der Waals surface area contributed by atoms with Crippen molar-refractivity contribution >= 4 is 52.5 Å². The van der Waals surface area contributed by atoms with Crippen LogP contribution in [0.2, 0.25) is 0 Å². The Hall–Kier alpha value is -4.69. The van der Waals surface area contributed by atoms with Gasteiger partial charge < -0.3 is 14.9 Å². The summed E-state index contributed by atoms with van der Waals surface area (Å²) in [5.74, 6) is -22.1. The van der Waals surface area contributed by atoms with Crippen molar-refractivity contribution in [2.24, 2.45) is 17.8 Å². The molecule has 2 aliphatic carbocycles. The molecule has 7 rings (SSSR count). The highest BCUT2D eigenvalue weighted by Crippen LogP contribution is 2.66. The number of halogens is 7. The standard InChI is InChI=1S/C35H25Cl2F5N2O7/c1-51-16-6-9-21(46)19(12-16)23-17-7-8-18-22(31(48)43(30(18)47)11-10-14-2-4-15(45)5-3-14)20(17)13-34(36)32(49)44(33(50)35(23,34)37)29-27(41)25(39)24(38)26(40)28(29)42/h2-7,9,12,18,20,22-23,45-46H,8,10-11,13H2,1H3. The van der Waals surface area contributed by atoms with Gasteiger partial charge in [0.25, 0.3) is 11.8 Å². The quantitative estimate of drug-likeness (QED) is 0.0839. The number of methoxy groups -OCH3 is 1. The van der Waals surface area contributed by atoms with Gasteiger partial charge in [-0.2, -0.15) is 0 Å². The van der Waals surface area contributed by atoms with Crippen LogP contribution in [-0.2, 0) is 25.6 Å². The Kier molecular flexibility index (Phi) is 8.14. The number of alkyl halides is 2. The number of likely N-dealkylation sites (tertiary alicyclic amines) is 1. The van der Waals surface area contributed by atoms with E-state index in [0.717, 1.165) is 4.90 Å². The van der Waals surface area contributed by atoms with E-state index in [9.17, 15) is 42.6 Å². The number of anilines is 1. The number of carbonyl (C=O) groups excluding carboxylic acids is 4. The Morgan fingerprint density at radius 1 is 0.843 bits per heavy atom. The van der Waals surface area contributed by atoms with E-state index in [1.165, 1.54) is 43.5 Å². The molecule has 6 atom stereocenters. The van der Waals surface area contributed by atoms with Crippen LogP contribution in [-0.4, -0.2) is 62.1 Å². The van der Waals surface area contributed by atoms with Crippen molar-refractivity contribution in [1.29, 1.82) is 0 Å². The Labute approximate surface area is 295 Å². The van der Waals surface area contributed by atoms with Crippen LogP contribution in [0.3, 0.4) is 0 Å². The van der Waals surface area contributed by atoms with E-state index in [0.29, 0.717) is 5.56 Å². The molecule has 2 saturated heterocycles. The summed E-state index contributed by atoms with van der Waals surface area (Å²) in [6.07, 6.45) is 1.04. The van der Waals surface area contributed by atoms with Crippen molar-refractivity contribution in [3.05, 3.63) is 94.3 Å². The van der Waals surface area contributed by atoms with Gasteiger partial charge >= 0.3 is 0 Å². The zero-order valence-corrected chi connectivity index (χ0v) is 27.7. The molecule has 2 heterocycles. The van der Waals surface area contributed by atoms with Crippen LogP contribution in [0, 0.1) is 46.8 Å². The van der Waals surface area contributed by atoms with Gasteiger partial charge in [-0.25, -0.2) is 26.9 Å². The number of hydrogen-bond donors (Lipinski definition) is 2. The minimum absolute atomic E-state index is 0.0228. The highest BCUT2D eigenvalue weighted by molar-refractivity contribution is 6.58. The van der Waals surface area contributed by atoms with Gasteiger partial charge in [0.15, 0.2) is 33.0 Å². The summed E-state index contributed by atoms with van der Waals surface area (Å²) in [5.41, 5.74) is -1.16. The fraction of sp³-hybridized carbons (Fsp3) is 0.314. The summed E-state index contributed by atoms with van der Waals surface area (Å²) in [7, 11) is 1.29. The second kappa shape index (κ2) is 11.9. The molecule has 2 N–H and O–H groups in total. The zero-order chi connectivity index (χ0) is 36.9. The predicted octanol–water partition coefficient (Wildman–Crippen LogP) is 5.61. The van der Waals surface area contributed by atoms with Crippen LogP contribution in [0.4, 0.5) is 27.6 Å². The molecular formula is C35H25Cl2F5N2O7. The fourth-order valence-corrected chi connectivity index (χ4v) is 8.92. The van der Waals surface area contributed by atoms with E-state index in [4.69, 9.17) is 27.9 Å². The predicted molar refractivity (Wildman–Crippen MR) is 170 cm³/mol. The Morgan fingerprint density at radius 3 is 2.10 bits per heavy atom. The van der Waals surface area contributed by atoms with Crippen LogP contribution >= 0.6 is 23.2 Å². The van der Waals surface area contributed by atoms with Crippen LogP contribution in [0.25, 0.3) is 0 Å². The van der Waals surface area contributed by atoms with Gasteiger partial charge in [0.05, 0.1) is 18.9 Å². The zero-order valence-electron chi connectivity index (χ0n) is 26.2. The number of phenols is 2. The maximum absolute atomic E-state index is 15.2. The van der Waals surface area contributed by atoms with E-state index in [-0.39, 0.29) is 46.9 Å². The van der Waals surface area contributed by atoms with Crippen molar-refractivity contribution in [3.8, 4) is 17.2 Å². The van der Waals surface area contributed by atoms with E-state index < -0.39 is 104 Å². The first-order valence-corrected chi connectivity index (χ1v) is 16.3. The number of carbonyl (C=O) groups is 4. The lowest BCUT2D eigenvalue weighted by Gasteiger charge is -2.50. The first-order chi connectivity index (χ1) is 24.1. The molecule has 3 aromatic rings. The second-order valence-corrected chi connectivity index (χ2v) is 14.1. The number of phenolic OH excluding ortho intramolecular Hbond substituents is 2. The largest absolute Gasteiger partial charge is 0.508 e. The second-order valence-electron chi connectivity index (χ2n) is 12.9. The molecule has 6 unspecified atom stereocenters. The molecule has 266 valence electrons. The summed E-state index contributed by atoms with van der Waals surface area (Å²) in [5, 5.41) is 20.7. The number of allylic oxidation sites excluding steroid dienone is 2. The lowest BCUT2D eigenvalue weighted by atomic mass is 9.56. The molecule has 0 radical (unpaired) electrons. The summed E-state index contributed by atoms with van der Waals surface area (Å²) in [6, 6.07) is 9.93. The molecule has 3 fully saturated rings. The molecule has 16 heteroatoms. The fourth-order valence-electron chi connectivity index (χ4n) is 7.99. The van der Waals surface area contributed by atoms with E-state index in [2.05, 4.69) is 0 Å². The molecule has 9 nitrogen and oxygen atoms in total. The van der Waals surface area contributed by atoms with Crippen LogP contribution in [0.5, 0.6) is 17.2 Å². The average Bonchev–Trinajstić information content (AvgIpc) is 3.44. The molecular weight excluding hydrogens is 726 g/mol. The van der Waals surface area contributed by atoms with Crippen molar-refractivity contribution in [2.45, 2.75) is 34.9 Å². The molecule has 2 aliphatic heterocycles. The van der Waals surface area contributed by atoms with E-state index in [1.807, 2.05) is 0 Å². The van der Waals surface area contributed by atoms with Gasteiger partial charge in [-0.05, 0) is 61.1 Å². The van der Waals surface area contributed by atoms with Gasteiger partial charge in [0, 0.05) is 18.0 Å². The first kappa shape index (κ1) is 34.7. The van der Waals surface area contributed by atoms with E-state index in [1.54, 1.807) is 12.1 Å². The third kappa shape index (κ3) is 4.71. The average molecular weight is 751 g/mol. The van der Waals surface area contributed by atoms with Gasteiger partial charge in [0.1, 0.15) is 22.9 Å². The molecule has 3 aromatic carbocycles. The van der Waals surface area contributed by atoms with Crippen LogP contribution < -0.4 is 9.64 Å². The number of nitrogens with zero attached hydrogens (tertiary/aromatic N) is 2. The van der Waals surface area contributed by atoms with Gasteiger partial charge in [-0.1, -0.05) is 23.8 Å². The minimum atomic E-state index is -2.78. The lowest BCUT2D eigenvalue weighted by molar-refractivity contribution is -0.140. The Morgan fingerprint density at radius 2 is 1.47 bits per heavy atom. The molecule has 0 spiro atoms. The molecule has 0 aromatic heterocycles. The highest BCUT2D eigenvalue weighted by atomic mass is 35.5. The number of benzene rings is 3. The van der Waals surface area contributed by atoms with Gasteiger partial charge in [-0.15, -0.1) is 23.2 Å².